The Balaban J connectivity index is 1.65. The second-order valence-corrected chi connectivity index (χ2v) is 7.94. The number of amides is 1. The van der Waals surface area contributed by atoms with Crippen LogP contribution in [0.3, 0.4) is 0 Å². The highest BCUT2D eigenvalue weighted by atomic mass is 79.9. The third-order valence-corrected chi connectivity index (χ3v) is 4.47. The summed E-state index contributed by atoms with van der Waals surface area (Å²) >= 11 is 3.48. The van der Waals surface area contributed by atoms with E-state index < -0.39 is 5.60 Å². The molecule has 23 heavy (non-hydrogen) atoms. The van der Waals surface area contributed by atoms with Gasteiger partial charge in [0.05, 0.1) is 5.69 Å². The average Bonchev–Trinajstić information content (AvgIpc) is 2.88. The van der Waals surface area contributed by atoms with Crippen LogP contribution in [0.1, 0.15) is 45.2 Å². The van der Waals surface area contributed by atoms with Crippen LogP contribution in [-0.2, 0) is 4.74 Å². The fourth-order valence-electron chi connectivity index (χ4n) is 2.87. The molecule has 1 amide bonds. The molecule has 1 aliphatic heterocycles. The predicted octanol–water partition coefficient (Wildman–Crippen LogP) is 4.21. The Morgan fingerprint density at radius 2 is 1.96 bits per heavy atom. The lowest BCUT2D eigenvalue weighted by Gasteiger charge is -2.32. The standard InChI is InChI=1S/C17H22BrN3O2/c1-17(2,3)23-16(22)20-8-6-12(7-9-20)14-11-21-10-13(18)4-5-15(21)19-14/h4-5,10-12H,6-9H2,1-3H3. The summed E-state index contributed by atoms with van der Waals surface area (Å²) < 4.78 is 8.52. The smallest absolute Gasteiger partial charge is 0.410 e. The third kappa shape index (κ3) is 3.86. The number of nitrogens with zero attached hydrogens (tertiary/aromatic N) is 3. The molecule has 6 heteroatoms. The zero-order valence-electron chi connectivity index (χ0n) is 13.8. The lowest BCUT2D eigenvalue weighted by Crippen LogP contribution is -2.41. The first-order valence-corrected chi connectivity index (χ1v) is 8.73. The molecule has 0 unspecified atom stereocenters. The van der Waals surface area contributed by atoms with E-state index in [1.807, 2.05) is 43.5 Å². The molecule has 5 nitrogen and oxygen atoms in total. The maximum Gasteiger partial charge on any atom is 0.410 e. The molecule has 0 N–H and O–H groups in total. The minimum absolute atomic E-state index is 0.213. The van der Waals surface area contributed by atoms with Gasteiger partial charge in [-0.25, -0.2) is 9.78 Å². The average molecular weight is 380 g/mol. The van der Waals surface area contributed by atoms with E-state index in [0.29, 0.717) is 5.92 Å². The molecular weight excluding hydrogens is 358 g/mol. The summed E-state index contributed by atoms with van der Waals surface area (Å²) in [4.78, 5) is 18.6. The molecule has 0 aliphatic carbocycles. The van der Waals surface area contributed by atoms with Crippen molar-refractivity contribution in [2.75, 3.05) is 13.1 Å². The minimum atomic E-state index is -0.442. The monoisotopic (exact) mass is 379 g/mol. The van der Waals surface area contributed by atoms with Gasteiger partial charge in [-0.2, -0.15) is 0 Å². The number of hydrogen-bond donors (Lipinski definition) is 0. The molecule has 2 aromatic heterocycles. The zero-order valence-corrected chi connectivity index (χ0v) is 15.3. The van der Waals surface area contributed by atoms with Gasteiger partial charge in [0.1, 0.15) is 11.2 Å². The number of likely N-dealkylation sites (tertiary alicyclic amines) is 1. The molecule has 0 saturated carbocycles. The fraction of sp³-hybridized carbons (Fsp3) is 0.529. The summed E-state index contributed by atoms with van der Waals surface area (Å²) in [6.45, 7) is 7.12. The number of hydrogen-bond acceptors (Lipinski definition) is 3. The Morgan fingerprint density at radius 1 is 1.26 bits per heavy atom. The number of rotatable bonds is 1. The SMILES string of the molecule is CC(C)(C)OC(=O)N1CCC(c2cn3cc(Br)ccc3n2)CC1. The number of piperidine rings is 1. The van der Waals surface area contributed by atoms with Crippen molar-refractivity contribution in [3.63, 3.8) is 0 Å². The number of ether oxygens (including phenoxy) is 1. The maximum absolute atomic E-state index is 12.1. The van der Waals surface area contributed by atoms with E-state index >= 15 is 0 Å². The van der Waals surface area contributed by atoms with Gasteiger partial charge in [-0.05, 0) is 61.7 Å². The normalized spacial score (nSPS) is 16.8. The highest BCUT2D eigenvalue weighted by Crippen LogP contribution is 2.28. The molecule has 3 rings (SSSR count). The van der Waals surface area contributed by atoms with Crippen molar-refractivity contribution >= 4 is 27.7 Å². The molecule has 0 aromatic carbocycles. The summed E-state index contributed by atoms with van der Waals surface area (Å²) in [6.07, 6.45) is 5.74. The van der Waals surface area contributed by atoms with E-state index in [4.69, 9.17) is 9.72 Å². The lowest BCUT2D eigenvalue weighted by molar-refractivity contribution is 0.0204. The molecule has 124 valence electrons. The number of aromatic nitrogens is 2. The van der Waals surface area contributed by atoms with Crippen LogP contribution in [0.5, 0.6) is 0 Å². The maximum atomic E-state index is 12.1. The molecule has 1 fully saturated rings. The van der Waals surface area contributed by atoms with Gasteiger partial charge in [0.25, 0.3) is 0 Å². The van der Waals surface area contributed by atoms with Crippen LogP contribution < -0.4 is 0 Å². The largest absolute Gasteiger partial charge is 0.444 e. The Hall–Kier alpha value is -1.56. The van der Waals surface area contributed by atoms with Gasteiger partial charge in [-0.1, -0.05) is 0 Å². The van der Waals surface area contributed by atoms with Crippen molar-refractivity contribution < 1.29 is 9.53 Å². The van der Waals surface area contributed by atoms with E-state index in [1.54, 1.807) is 4.90 Å². The number of imidazole rings is 1. The molecule has 1 aliphatic rings. The van der Waals surface area contributed by atoms with Gasteiger partial charge in [0, 0.05) is 35.9 Å². The Morgan fingerprint density at radius 3 is 2.61 bits per heavy atom. The highest BCUT2D eigenvalue weighted by Gasteiger charge is 2.28. The molecule has 3 heterocycles. The predicted molar refractivity (Wildman–Crippen MR) is 92.7 cm³/mol. The number of carbonyl (C=O) groups excluding carboxylic acids is 1. The number of carbonyl (C=O) groups is 1. The number of pyridine rings is 1. The van der Waals surface area contributed by atoms with Crippen molar-refractivity contribution in [3.8, 4) is 0 Å². The van der Waals surface area contributed by atoms with Crippen molar-refractivity contribution in [2.45, 2.75) is 45.1 Å². The van der Waals surface area contributed by atoms with E-state index in [9.17, 15) is 4.79 Å². The van der Waals surface area contributed by atoms with Crippen molar-refractivity contribution in [3.05, 3.63) is 34.7 Å². The van der Waals surface area contributed by atoms with Crippen LogP contribution in [-0.4, -0.2) is 39.1 Å². The zero-order chi connectivity index (χ0) is 16.6. The van der Waals surface area contributed by atoms with Crippen molar-refractivity contribution in [1.29, 1.82) is 0 Å². The number of fused-ring (bicyclic) bond motifs is 1. The quantitative estimate of drug-likeness (QED) is 0.745. The van der Waals surface area contributed by atoms with Crippen molar-refractivity contribution in [2.24, 2.45) is 0 Å². The van der Waals surface area contributed by atoms with Gasteiger partial charge in [0.2, 0.25) is 0 Å². The van der Waals surface area contributed by atoms with Gasteiger partial charge in [-0.15, -0.1) is 0 Å². The van der Waals surface area contributed by atoms with E-state index in [1.165, 1.54) is 0 Å². The number of halogens is 1. The summed E-state index contributed by atoms with van der Waals surface area (Å²) in [5.41, 5.74) is 1.62. The molecule has 0 bridgehead atoms. The molecule has 2 aromatic rings. The van der Waals surface area contributed by atoms with Crippen LogP contribution >= 0.6 is 15.9 Å². The second kappa shape index (κ2) is 6.15. The lowest BCUT2D eigenvalue weighted by atomic mass is 9.94. The first-order valence-electron chi connectivity index (χ1n) is 7.94. The highest BCUT2D eigenvalue weighted by molar-refractivity contribution is 9.10. The third-order valence-electron chi connectivity index (χ3n) is 4.00. The topological polar surface area (TPSA) is 46.8 Å². The van der Waals surface area contributed by atoms with Crippen LogP contribution in [0.15, 0.2) is 29.0 Å². The Bertz CT molecular complexity index is 712. The van der Waals surface area contributed by atoms with Crippen molar-refractivity contribution in [1.82, 2.24) is 14.3 Å². The van der Waals surface area contributed by atoms with Gasteiger partial charge in [-0.3, -0.25) is 0 Å². The molecule has 1 saturated heterocycles. The van der Waals surface area contributed by atoms with Gasteiger partial charge in [0.15, 0.2) is 0 Å². The van der Waals surface area contributed by atoms with Crippen LogP contribution in [0.4, 0.5) is 4.79 Å². The molecule has 0 atom stereocenters. The van der Waals surface area contributed by atoms with Crippen LogP contribution in [0.2, 0.25) is 0 Å². The Kier molecular flexibility index (Phi) is 4.36. The summed E-state index contributed by atoms with van der Waals surface area (Å²) in [6, 6.07) is 4.00. The van der Waals surface area contributed by atoms with E-state index in [-0.39, 0.29) is 6.09 Å². The summed E-state index contributed by atoms with van der Waals surface area (Å²) in [5, 5.41) is 0. The second-order valence-electron chi connectivity index (χ2n) is 7.02. The molecular formula is C17H22BrN3O2. The van der Waals surface area contributed by atoms with Crippen LogP contribution in [0, 0.1) is 0 Å². The summed E-state index contributed by atoms with van der Waals surface area (Å²) in [5.74, 6) is 0.396. The minimum Gasteiger partial charge on any atom is -0.444 e. The van der Waals surface area contributed by atoms with Gasteiger partial charge >= 0.3 is 6.09 Å². The summed E-state index contributed by atoms with van der Waals surface area (Å²) in [7, 11) is 0. The first kappa shape index (κ1) is 16.3. The molecule has 0 radical (unpaired) electrons. The fourth-order valence-corrected chi connectivity index (χ4v) is 3.22. The molecule has 0 spiro atoms. The van der Waals surface area contributed by atoms with E-state index in [2.05, 4.69) is 22.1 Å². The van der Waals surface area contributed by atoms with Crippen LogP contribution in [0.25, 0.3) is 5.65 Å². The Labute approximate surface area is 144 Å². The first-order chi connectivity index (χ1) is 10.8. The van der Waals surface area contributed by atoms with Gasteiger partial charge < -0.3 is 14.0 Å². The van der Waals surface area contributed by atoms with E-state index in [0.717, 1.165) is 41.7 Å².